The highest BCUT2D eigenvalue weighted by molar-refractivity contribution is 9.10. The van der Waals surface area contributed by atoms with Gasteiger partial charge >= 0.3 is 0 Å². The lowest BCUT2D eigenvalue weighted by atomic mass is 9.73. The lowest BCUT2D eigenvalue weighted by Crippen LogP contribution is -2.37. The van der Waals surface area contributed by atoms with E-state index >= 15 is 0 Å². The molecule has 3 unspecified atom stereocenters. The molecule has 2 heteroatoms. The smallest absolute Gasteiger partial charge is 0.0178 e. The molecule has 1 saturated heterocycles. The van der Waals surface area contributed by atoms with E-state index in [2.05, 4.69) is 59.4 Å². The molecule has 1 nitrogen and oxygen atoms in total. The minimum atomic E-state index is 0.679. The maximum absolute atomic E-state index is 3.60. The fourth-order valence-electron chi connectivity index (χ4n) is 3.33. The molecule has 1 aromatic carbocycles. The van der Waals surface area contributed by atoms with E-state index in [1.807, 2.05) is 0 Å². The second-order valence-electron chi connectivity index (χ2n) is 5.58. The Morgan fingerprint density at radius 1 is 1.44 bits per heavy atom. The summed E-state index contributed by atoms with van der Waals surface area (Å²) < 4.78 is 1.20. The van der Waals surface area contributed by atoms with Gasteiger partial charge in [-0.2, -0.15) is 0 Å². The van der Waals surface area contributed by atoms with Gasteiger partial charge in [0.05, 0.1) is 0 Å². The monoisotopic (exact) mass is 309 g/mol. The van der Waals surface area contributed by atoms with Gasteiger partial charge < -0.3 is 5.32 Å². The molecule has 0 aliphatic carbocycles. The molecule has 0 radical (unpaired) electrons. The molecule has 1 N–H and O–H groups in total. The first-order valence-electron chi connectivity index (χ1n) is 7.18. The summed E-state index contributed by atoms with van der Waals surface area (Å²) in [7, 11) is 0. The topological polar surface area (TPSA) is 12.0 Å². The summed E-state index contributed by atoms with van der Waals surface area (Å²) in [6.07, 6.45) is 3.98. The molecule has 1 aliphatic heterocycles. The summed E-state index contributed by atoms with van der Waals surface area (Å²) in [5.74, 6) is 2.35. The van der Waals surface area contributed by atoms with Gasteiger partial charge in [0.1, 0.15) is 0 Å². The van der Waals surface area contributed by atoms with Crippen molar-refractivity contribution in [1.29, 1.82) is 0 Å². The molecule has 0 saturated carbocycles. The lowest BCUT2D eigenvalue weighted by Gasteiger charge is -2.36. The van der Waals surface area contributed by atoms with Crippen molar-refractivity contribution in [2.75, 3.05) is 13.1 Å². The van der Waals surface area contributed by atoms with E-state index in [1.165, 1.54) is 35.8 Å². The first-order chi connectivity index (χ1) is 8.72. The third-order valence-corrected chi connectivity index (χ3v) is 4.78. The van der Waals surface area contributed by atoms with Gasteiger partial charge in [0.25, 0.3) is 0 Å². The van der Waals surface area contributed by atoms with Crippen molar-refractivity contribution in [3.63, 3.8) is 0 Å². The fourth-order valence-corrected chi connectivity index (χ4v) is 3.75. The first-order valence-corrected chi connectivity index (χ1v) is 7.97. The van der Waals surface area contributed by atoms with Crippen LogP contribution in [0.4, 0.5) is 0 Å². The Morgan fingerprint density at radius 3 is 3.00 bits per heavy atom. The van der Waals surface area contributed by atoms with Crippen LogP contribution in [0.15, 0.2) is 28.7 Å². The zero-order chi connectivity index (χ0) is 13.0. The maximum atomic E-state index is 3.60. The number of hydrogen-bond donors (Lipinski definition) is 1. The van der Waals surface area contributed by atoms with Crippen LogP contribution in [-0.2, 0) is 0 Å². The highest BCUT2D eigenvalue weighted by atomic mass is 79.9. The molecular weight excluding hydrogens is 286 g/mol. The van der Waals surface area contributed by atoms with E-state index in [4.69, 9.17) is 0 Å². The number of halogens is 1. The summed E-state index contributed by atoms with van der Waals surface area (Å²) >= 11 is 3.60. The number of hydrogen-bond acceptors (Lipinski definition) is 1. The van der Waals surface area contributed by atoms with Crippen LogP contribution in [0.25, 0.3) is 0 Å². The summed E-state index contributed by atoms with van der Waals surface area (Å²) in [6, 6.07) is 8.86. The van der Waals surface area contributed by atoms with Crippen LogP contribution in [0.2, 0.25) is 0 Å². The Kier molecular flexibility index (Phi) is 5.25. The average molecular weight is 310 g/mol. The van der Waals surface area contributed by atoms with Gasteiger partial charge in [0.2, 0.25) is 0 Å². The van der Waals surface area contributed by atoms with Crippen LogP contribution in [0.3, 0.4) is 0 Å². The van der Waals surface area contributed by atoms with Gasteiger partial charge in [0, 0.05) is 11.0 Å². The molecule has 0 bridgehead atoms. The Hall–Kier alpha value is -0.340. The number of benzene rings is 1. The third kappa shape index (κ3) is 3.36. The molecule has 100 valence electrons. The number of piperidine rings is 1. The van der Waals surface area contributed by atoms with E-state index in [-0.39, 0.29) is 0 Å². The second-order valence-corrected chi connectivity index (χ2v) is 6.50. The molecular formula is C16H24BrN. The zero-order valence-electron chi connectivity index (χ0n) is 11.5. The van der Waals surface area contributed by atoms with Crippen LogP contribution in [0, 0.1) is 11.8 Å². The Bertz CT molecular complexity index is 377. The van der Waals surface area contributed by atoms with E-state index in [0.29, 0.717) is 5.92 Å². The van der Waals surface area contributed by atoms with Crippen molar-refractivity contribution in [3.05, 3.63) is 34.3 Å². The molecule has 2 rings (SSSR count). The first kappa shape index (κ1) is 14.1. The highest BCUT2D eigenvalue weighted by Gasteiger charge is 2.30. The summed E-state index contributed by atoms with van der Waals surface area (Å²) in [5.41, 5.74) is 1.49. The largest absolute Gasteiger partial charge is 0.316 e. The van der Waals surface area contributed by atoms with Gasteiger partial charge in [-0.1, -0.05) is 54.8 Å². The molecule has 0 amide bonds. The Balaban J connectivity index is 2.17. The predicted octanol–water partition coefficient (Wildman–Crippen LogP) is 4.58. The number of rotatable bonds is 4. The lowest BCUT2D eigenvalue weighted by molar-refractivity contribution is 0.227. The minimum Gasteiger partial charge on any atom is -0.316 e. The highest BCUT2D eigenvalue weighted by Crippen LogP contribution is 2.37. The minimum absolute atomic E-state index is 0.679. The predicted molar refractivity (Wildman–Crippen MR) is 81.9 cm³/mol. The van der Waals surface area contributed by atoms with Gasteiger partial charge in [-0.3, -0.25) is 0 Å². The second kappa shape index (κ2) is 6.72. The van der Waals surface area contributed by atoms with Crippen molar-refractivity contribution >= 4 is 15.9 Å². The van der Waals surface area contributed by atoms with Crippen LogP contribution in [-0.4, -0.2) is 13.1 Å². The number of nitrogens with one attached hydrogen (secondary N) is 1. The van der Waals surface area contributed by atoms with Crippen molar-refractivity contribution in [1.82, 2.24) is 5.32 Å². The SMILES string of the molecule is CCCC(C)C1CCNCC1c1cccc(Br)c1. The van der Waals surface area contributed by atoms with E-state index in [9.17, 15) is 0 Å². The van der Waals surface area contributed by atoms with Crippen LogP contribution >= 0.6 is 15.9 Å². The van der Waals surface area contributed by atoms with Crippen molar-refractivity contribution in [3.8, 4) is 0 Å². The summed E-state index contributed by atoms with van der Waals surface area (Å²) in [5, 5.41) is 3.56. The van der Waals surface area contributed by atoms with Crippen molar-refractivity contribution in [2.45, 2.75) is 39.0 Å². The molecule has 1 aliphatic rings. The molecule has 3 atom stereocenters. The molecule has 1 fully saturated rings. The van der Waals surface area contributed by atoms with Crippen LogP contribution in [0.1, 0.15) is 44.6 Å². The molecule has 0 spiro atoms. The van der Waals surface area contributed by atoms with E-state index < -0.39 is 0 Å². The molecule has 1 aromatic rings. The molecule has 1 heterocycles. The van der Waals surface area contributed by atoms with Crippen LogP contribution in [0.5, 0.6) is 0 Å². The molecule has 0 aromatic heterocycles. The maximum Gasteiger partial charge on any atom is 0.0178 e. The summed E-state index contributed by atoms with van der Waals surface area (Å²) in [4.78, 5) is 0. The molecule has 18 heavy (non-hydrogen) atoms. The van der Waals surface area contributed by atoms with E-state index in [1.54, 1.807) is 0 Å². The van der Waals surface area contributed by atoms with Gasteiger partial charge in [-0.15, -0.1) is 0 Å². The van der Waals surface area contributed by atoms with Gasteiger partial charge in [-0.05, 0) is 48.4 Å². The van der Waals surface area contributed by atoms with Gasteiger partial charge in [-0.25, -0.2) is 0 Å². The quantitative estimate of drug-likeness (QED) is 0.858. The standard InChI is InChI=1S/C16H24BrN/c1-3-5-12(2)15-8-9-18-11-16(15)13-6-4-7-14(17)10-13/h4,6-7,10,12,15-16,18H,3,5,8-9,11H2,1-2H3. The van der Waals surface area contributed by atoms with E-state index in [0.717, 1.165) is 18.4 Å². The normalized spacial score (nSPS) is 25.9. The summed E-state index contributed by atoms with van der Waals surface area (Å²) in [6.45, 7) is 7.05. The van der Waals surface area contributed by atoms with Crippen molar-refractivity contribution in [2.24, 2.45) is 11.8 Å². The Morgan fingerprint density at radius 2 is 2.28 bits per heavy atom. The van der Waals surface area contributed by atoms with Crippen LogP contribution < -0.4 is 5.32 Å². The zero-order valence-corrected chi connectivity index (χ0v) is 13.0. The average Bonchev–Trinajstić information content (AvgIpc) is 2.39. The Labute approximate surface area is 119 Å². The van der Waals surface area contributed by atoms with Gasteiger partial charge in [0.15, 0.2) is 0 Å². The van der Waals surface area contributed by atoms with Crippen molar-refractivity contribution < 1.29 is 0 Å². The fraction of sp³-hybridized carbons (Fsp3) is 0.625. The third-order valence-electron chi connectivity index (χ3n) is 4.29.